The first-order chi connectivity index (χ1) is 10.9. The first kappa shape index (κ1) is 21.6. The predicted molar refractivity (Wildman–Crippen MR) is 116 cm³/mol. The number of nitrogens with one attached hydrogen (secondary N) is 1. The van der Waals surface area contributed by atoms with Crippen LogP contribution in [0.5, 0.6) is 0 Å². The van der Waals surface area contributed by atoms with Crippen LogP contribution in [0.1, 0.15) is 30.8 Å². The van der Waals surface area contributed by atoms with Crippen molar-refractivity contribution < 1.29 is 0 Å². The third-order valence-corrected chi connectivity index (χ3v) is 6.21. The first-order valence-electron chi connectivity index (χ1n) is 8.50. The zero-order valence-electron chi connectivity index (χ0n) is 15.8. The van der Waals surface area contributed by atoms with E-state index in [4.69, 9.17) is 0 Å². The Morgan fingerprint density at radius 2 is 2.12 bits per heavy atom. The summed E-state index contributed by atoms with van der Waals surface area (Å²) in [6.07, 6.45) is 0.987. The SMILES string of the molecule is CN=C(NCCc1c(C)nn(C)c1C)N1CCSC(C(C)C)C1.I. The highest BCUT2D eigenvalue weighted by atomic mass is 127. The minimum Gasteiger partial charge on any atom is -0.356 e. The molecule has 0 radical (unpaired) electrons. The smallest absolute Gasteiger partial charge is 0.193 e. The van der Waals surface area contributed by atoms with Gasteiger partial charge in [0.15, 0.2) is 5.96 Å². The van der Waals surface area contributed by atoms with Gasteiger partial charge in [-0.05, 0) is 31.7 Å². The van der Waals surface area contributed by atoms with Crippen LogP contribution in [0.25, 0.3) is 0 Å². The van der Waals surface area contributed by atoms with E-state index in [1.807, 2.05) is 18.8 Å². The Bertz CT molecular complexity index is 555. The molecule has 0 aromatic carbocycles. The van der Waals surface area contributed by atoms with Crippen LogP contribution >= 0.6 is 35.7 Å². The second kappa shape index (κ2) is 9.89. The number of hydrogen-bond donors (Lipinski definition) is 1. The fourth-order valence-electron chi connectivity index (χ4n) is 3.08. The highest BCUT2D eigenvalue weighted by Crippen LogP contribution is 2.24. The van der Waals surface area contributed by atoms with E-state index in [2.05, 4.69) is 59.8 Å². The Balaban J connectivity index is 0.00000288. The molecule has 1 saturated heterocycles. The molecule has 0 saturated carbocycles. The van der Waals surface area contributed by atoms with E-state index in [0.29, 0.717) is 11.2 Å². The summed E-state index contributed by atoms with van der Waals surface area (Å²) in [5, 5.41) is 8.73. The molecule has 0 aliphatic carbocycles. The maximum atomic E-state index is 4.49. The van der Waals surface area contributed by atoms with Gasteiger partial charge >= 0.3 is 0 Å². The Kier molecular flexibility index (Phi) is 8.90. The average molecular weight is 465 g/mol. The molecule has 1 fully saturated rings. The van der Waals surface area contributed by atoms with E-state index < -0.39 is 0 Å². The summed E-state index contributed by atoms with van der Waals surface area (Å²) < 4.78 is 1.97. The van der Waals surface area contributed by atoms with Crippen molar-refractivity contribution in [3.8, 4) is 0 Å². The van der Waals surface area contributed by atoms with E-state index >= 15 is 0 Å². The second-order valence-corrected chi connectivity index (χ2v) is 7.94. The van der Waals surface area contributed by atoms with Crippen molar-refractivity contribution in [2.24, 2.45) is 18.0 Å². The molecule has 1 N–H and O–H groups in total. The third kappa shape index (κ3) is 5.28. The minimum absolute atomic E-state index is 0. The van der Waals surface area contributed by atoms with Crippen molar-refractivity contribution in [3.05, 3.63) is 17.0 Å². The largest absolute Gasteiger partial charge is 0.356 e. The lowest BCUT2D eigenvalue weighted by molar-refractivity contribution is 0.381. The Labute approximate surface area is 168 Å². The maximum absolute atomic E-state index is 4.49. The highest BCUT2D eigenvalue weighted by Gasteiger charge is 2.24. The molecule has 24 heavy (non-hydrogen) atoms. The van der Waals surface area contributed by atoms with Gasteiger partial charge in [0, 0.05) is 50.4 Å². The standard InChI is InChI=1S/C17H31N5S.HI/c1-12(2)16-11-22(9-10-23-16)17(18-5)19-8-7-15-13(3)20-21(6)14(15)4;/h12,16H,7-11H2,1-6H3,(H,18,19);1H. The minimum atomic E-state index is 0. The van der Waals surface area contributed by atoms with Crippen LogP contribution in [-0.2, 0) is 13.5 Å². The molecule has 0 bridgehead atoms. The van der Waals surface area contributed by atoms with Crippen molar-refractivity contribution in [1.29, 1.82) is 0 Å². The second-order valence-electron chi connectivity index (χ2n) is 6.60. The number of rotatable bonds is 4. The molecular weight excluding hydrogens is 433 g/mol. The average Bonchev–Trinajstić information content (AvgIpc) is 2.77. The normalized spacial score (nSPS) is 18.7. The van der Waals surface area contributed by atoms with Gasteiger partial charge in [-0.15, -0.1) is 24.0 Å². The van der Waals surface area contributed by atoms with Gasteiger partial charge in [-0.2, -0.15) is 16.9 Å². The number of aryl methyl sites for hydroxylation is 2. The lowest BCUT2D eigenvalue weighted by atomic mass is 10.1. The molecule has 1 atom stereocenters. The summed E-state index contributed by atoms with van der Waals surface area (Å²) in [4.78, 5) is 6.89. The summed E-state index contributed by atoms with van der Waals surface area (Å²) in [6, 6.07) is 0. The quantitative estimate of drug-likeness (QED) is 0.422. The summed E-state index contributed by atoms with van der Waals surface area (Å²) in [6.45, 7) is 11.9. The molecule has 2 heterocycles. The Hall–Kier alpha value is -0.440. The van der Waals surface area contributed by atoms with Gasteiger partial charge in [0.25, 0.3) is 0 Å². The van der Waals surface area contributed by atoms with Crippen molar-refractivity contribution in [2.45, 2.75) is 39.4 Å². The van der Waals surface area contributed by atoms with Crippen molar-refractivity contribution in [1.82, 2.24) is 20.0 Å². The summed E-state index contributed by atoms with van der Waals surface area (Å²) in [7, 11) is 3.89. The van der Waals surface area contributed by atoms with Crippen LogP contribution in [-0.4, -0.2) is 58.3 Å². The number of hydrogen-bond acceptors (Lipinski definition) is 3. The zero-order chi connectivity index (χ0) is 17.0. The van der Waals surface area contributed by atoms with Crippen LogP contribution in [0.15, 0.2) is 4.99 Å². The van der Waals surface area contributed by atoms with Gasteiger partial charge in [0.05, 0.1) is 5.69 Å². The molecule has 1 aromatic heterocycles. The topological polar surface area (TPSA) is 45.5 Å². The molecular formula is C17H32IN5S. The van der Waals surface area contributed by atoms with Crippen LogP contribution in [0.4, 0.5) is 0 Å². The fourth-order valence-corrected chi connectivity index (χ4v) is 4.38. The number of nitrogens with zero attached hydrogens (tertiary/aromatic N) is 4. The number of aliphatic imine (C=N–C) groups is 1. The number of thioether (sulfide) groups is 1. The molecule has 2 rings (SSSR count). The number of aromatic nitrogens is 2. The Morgan fingerprint density at radius 3 is 2.67 bits per heavy atom. The van der Waals surface area contributed by atoms with E-state index in [1.165, 1.54) is 17.0 Å². The number of halogens is 1. The first-order valence-corrected chi connectivity index (χ1v) is 9.55. The predicted octanol–water partition coefficient (Wildman–Crippen LogP) is 2.85. The summed E-state index contributed by atoms with van der Waals surface area (Å²) >= 11 is 2.09. The van der Waals surface area contributed by atoms with Crippen molar-refractivity contribution >= 4 is 41.7 Å². The van der Waals surface area contributed by atoms with Gasteiger partial charge < -0.3 is 10.2 Å². The summed E-state index contributed by atoms with van der Waals surface area (Å²) in [5.74, 6) is 2.93. The lowest BCUT2D eigenvalue weighted by Gasteiger charge is -2.36. The van der Waals surface area contributed by atoms with Gasteiger partial charge in [0.1, 0.15) is 0 Å². The molecule has 1 unspecified atom stereocenters. The lowest BCUT2D eigenvalue weighted by Crippen LogP contribution is -2.49. The molecule has 5 nitrogen and oxygen atoms in total. The fraction of sp³-hybridized carbons (Fsp3) is 0.765. The van der Waals surface area contributed by atoms with Crippen molar-refractivity contribution in [3.63, 3.8) is 0 Å². The molecule has 0 amide bonds. The van der Waals surface area contributed by atoms with E-state index in [9.17, 15) is 0 Å². The maximum Gasteiger partial charge on any atom is 0.193 e. The van der Waals surface area contributed by atoms with Crippen LogP contribution < -0.4 is 5.32 Å². The zero-order valence-corrected chi connectivity index (χ0v) is 18.9. The summed E-state index contributed by atoms with van der Waals surface area (Å²) in [5.41, 5.74) is 3.74. The van der Waals surface area contributed by atoms with E-state index in [0.717, 1.165) is 37.7 Å². The van der Waals surface area contributed by atoms with Crippen LogP contribution in [0.2, 0.25) is 0 Å². The van der Waals surface area contributed by atoms with Gasteiger partial charge in [0.2, 0.25) is 0 Å². The monoisotopic (exact) mass is 465 g/mol. The molecule has 138 valence electrons. The third-order valence-electron chi connectivity index (χ3n) is 4.67. The molecule has 7 heteroatoms. The molecule has 1 aromatic rings. The molecule has 0 spiro atoms. The Morgan fingerprint density at radius 1 is 1.42 bits per heavy atom. The van der Waals surface area contributed by atoms with Gasteiger partial charge in [-0.1, -0.05) is 13.8 Å². The van der Waals surface area contributed by atoms with E-state index in [-0.39, 0.29) is 24.0 Å². The van der Waals surface area contributed by atoms with Crippen LogP contribution in [0.3, 0.4) is 0 Å². The molecule has 1 aliphatic rings. The van der Waals surface area contributed by atoms with Crippen molar-refractivity contribution in [2.75, 3.05) is 32.4 Å². The van der Waals surface area contributed by atoms with E-state index in [1.54, 1.807) is 0 Å². The van der Waals surface area contributed by atoms with Crippen LogP contribution in [0, 0.1) is 19.8 Å². The highest BCUT2D eigenvalue weighted by molar-refractivity contribution is 14.0. The van der Waals surface area contributed by atoms with Gasteiger partial charge in [-0.3, -0.25) is 9.67 Å². The van der Waals surface area contributed by atoms with Gasteiger partial charge in [-0.25, -0.2) is 0 Å². The number of guanidine groups is 1. The molecule has 1 aliphatic heterocycles.